The maximum absolute atomic E-state index is 6.98. The van der Waals surface area contributed by atoms with Crippen molar-refractivity contribution < 1.29 is 36.5 Å². The Morgan fingerprint density at radius 3 is 0.737 bits per heavy atom. The van der Waals surface area contributed by atoms with Gasteiger partial charge in [-0.15, -0.1) is 0 Å². The molecule has 50 heteroatoms. The summed E-state index contributed by atoms with van der Waals surface area (Å²) in [6.45, 7) is 0. The van der Waals surface area contributed by atoms with Crippen LogP contribution < -0.4 is 9.97 Å². The van der Waals surface area contributed by atoms with Crippen molar-refractivity contribution in [2.24, 2.45) is 20.0 Å². The summed E-state index contributed by atoms with van der Waals surface area (Å²) in [6.07, 6.45) is -3.42. The van der Waals surface area contributed by atoms with E-state index < -0.39 is 24.7 Å². The predicted molar refractivity (Wildman–Crippen MR) is 519 cm³/mol. The molecular weight excluding hydrogens is 3060 g/mol. The topological polar surface area (TPSA) is 211 Å². The van der Waals surface area contributed by atoms with Crippen LogP contribution in [0.1, 0.15) is 69.2 Å². The molecule has 0 amide bonds. The molecule has 0 spiro atoms. The van der Waals surface area contributed by atoms with Crippen LogP contribution >= 0.6 is 449 Å². The van der Waals surface area contributed by atoms with Crippen LogP contribution in [0.4, 0.5) is 0 Å². The van der Waals surface area contributed by atoms with Gasteiger partial charge < -0.3 is 71.1 Å². The van der Waals surface area contributed by atoms with Crippen molar-refractivity contribution >= 4 is 517 Å². The molecular formula is C64H4Br18Cl14CuN16Zn-4. The number of halogens is 32. The van der Waals surface area contributed by atoms with Gasteiger partial charge in [-0.2, -0.15) is 0 Å². The van der Waals surface area contributed by atoms with Crippen molar-refractivity contribution in [2.45, 2.75) is 24.7 Å². The summed E-state index contributed by atoms with van der Waals surface area (Å²) in [5, 5.41) is 24.8. The normalized spacial score (nSPS) is 16.4. The van der Waals surface area contributed by atoms with E-state index in [-0.39, 0.29) is 149 Å². The molecule has 7 aliphatic heterocycles. The monoisotopic (exact) mass is 3030 g/mol. The first-order valence-electron chi connectivity index (χ1n) is 29.6. The molecule has 0 saturated heterocycles. The van der Waals surface area contributed by atoms with Gasteiger partial charge in [0.15, 0.2) is 0 Å². The van der Waals surface area contributed by atoms with E-state index >= 15 is 0 Å². The first-order valence-corrected chi connectivity index (χ1v) is 49.2. The summed E-state index contributed by atoms with van der Waals surface area (Å²) in [6, 6.07) is 0. The third kappa shape index (κ3) is 14.3. The van der Waals surface area contributed by atoms with Crippen molar-refractivity contribution in [2.75, 3.05) is 0 Å². The van der Waals surface area contributed by atoms with E-state index in [9.17, 15) is 0 Å². The summed E-state index contributed by atoms with van der Waals surface area (Å²) in [5.74, 6) is 1.55. The quantitative estimate of drug-likeness (QED) is 0.0807. The van der Waals surface area contributed by atoms with Gasteiger partial charge in [0, 0.05) is 135 Å². The van der Waals surface area contributed by atoms with Gasteiger partial charge in [-0.3, -0.25) is 0 Å². The van der Waals surface area contributed by atoms with Gasteiger partial charge in [-0.05, 0) is 356 Å². The third-order valence-electron chi connectivity index (χ3n) is 17.6. The van der Waals surface area contributed by atoms with E-state index in [2.05, 4.69) is 287 Å². The Hall–Kier alpha value is 2.84. The summed E-state index contributed by atoms with van der Waals surface area (Å²) >= 11 is 162. The molecule has 18 rings (SSSR count). The minimum Gasteiger partial charge on any atom is -0.458 e. The zero-order valence-electron chi connectivity index (χ0n) is 52.6. The molecule has 16 nitrogen and oxygen atoms in total. The Balaban J connectivity index is 0.000000177. The minimum atomic E-state index is -0.856. The molecule has 1 radical (unpaired) electrons. The van der Waals surface area contributed by atoms with Gasteiger partial charge >= 0.3 is 17.1 Å². The third-order valence-corrected chi connectivity index (χ3v) is 43.6. The molecule has 16 bridgehead atoms. The number of nitrogens with zero attached hydrogens (tertiary/aromatic N) is 16. The predicted octanol–water partition coefficient (Wildman–Crippen LogP) is 36.3. The molecule has 10 heterocycles. The van der Waals surface area contributed by atoms with Crippen LogP contribution in [0.25, 0.3) is 111 Å². The Labute approximate surface area is 884 Å². The smallest absolute Gasteiger partial charge is 0.458 e. The second kappa shape index (κ2) is 34.4. The van der Waals surface area contributed by atoms with Crippen molar-refractivity contribution in [3.63, 3.8) is 0 Å². The summed E-state index contributed by atoms with van der Waals surface area (Å²) < 4.78 is 9.36. The molecule has 11 aromatic rings. The maximum atomic E-state index is 6.98. The van der Waals surface area contributed by atoms with Crippen LogP contribution in [0.2, 0.25) is 70.3 Å². The zero-order chi connectivity index (χ0) is 80.3. The van der Waals surface area contributed by atoms with Gasteiger partial charge in [0.1, 0.15) is 0 Å². The minimum absolute atomic E-state index is 0. The van der Waals surface area contributed by atoms with Gasteiger partial charge in [-0.25, -0.2) is 9.97 Å². The zero-order valence-corrected chi connectivity index (χ0v) is 95.6. The second-order valence-electron chi connectivity index (χ2n) is 23.5. The van der Waals surface area contributed by atoms with E-state index in [1.165, 1.54) is 0 Å². The summed E-state index contributed by atoms with van der Waals surface area (Å²) in [4.78, 5) is 59.8. The Morgan fingerprint density at radius 1 is 0.202 bits per heavy atom. The van der Waals surface area contributed by atoms with Crippen molar-refractivity contribution in [3.05, 3.63) is 217 Å². The van der Waals surface area contributed by atoms with E-state index in [4.69, 9.17) is 244 Å². The van der Waals surface area contributed by atoms with Crippen molar-refractivity contribution in [1.29, 1.82) is 0 Å². The molecule has 0 aliphatic carbocycles. The van der Waals surface area contributed by atoms with Crippen molar-refractivity contribution in [3.8, 4) is 45.6 Å². The van der Waals surface area contributed by atoms with Crippen LogP contribution in [0, 0.1) is 0 Å². The summed E-state index contributed by atoms with van der Waals surface area (Å²) in [7, 11) is 0. The largest absolute Gasteiger partial charge is 2.00 e. The molecule has 0 N–H and O–H groups in total. The number of rotatable bonds is 0. The Kier molecular flexibility index (Phi) is 27.6. The van der Waals surface area contributed by atoms with Gasteiger partial charge in [0.2, 0.25) is 0 Å². The number of aromatic nitrogens is 8. The molecule has 8 aromatic carbocycles. The van der Waals surface area contributed by atoms with E-state index in [1.54, 1.807) is 0 Å². The van der Waals surface area contributed by atoms with E-state index in [1.807, 2.05) is 0 Å². The van der Waals surface area contributed by atoms with Crippen LogP contribution in [-0.4, -0.2) is 53.2 Å². The number of hydrogen-bond donors (Lipinski definition) is 0. The standard InChI is InChI=1S/C32H4Br12Cl4N8.C32Br6Cl10N8.Cu.Zn/c33-9-1-5(13(37)21(45)17(9)41)29-49-25(1)53-30-6-2(10(34)18(42)22(46)14(6)38)27(50-30)55-32-8-4(12(36)20(44)24(48)16(8)40)28(52-32)56-31-7-3(26(51-31)54-29)11(35)19(43)23(47)15(7)39;33-9-1-4(15(39)12(36)20(9)44)28-49-25(1)53-31-7-8(18(42)23(47)14(38)17(7)41)32(56-31)54-26-2-5(16(40)13(37)21(45)10(2)34)29(50-26)55-30-6-3(27(51-28)52-30)11(35)22(46)24(48)19(6)43;;/h25-28H;;;/q-4;-2;+2;. The fourth-order valence-corrected chi connectivity index (χ4v) is 27.6. The summed E-state index contributed by atoms with van der Waals surface area (Å²) in [5.41, 5.74) is 6.71. The molecule has 114 heavy (non-hydrogen) atoms. The second-order valence-corrected chi connectivity index (χ2v) is 43.1. The number of amidine groups is 4. The molecule has 0 saturated carbocycles. The van der Waals surface area contributed by atoms with Crippen LogP contribution in [0.3, 0.4) is 0 Å². The van der Waals surface area contributed by atoms with E-state index in [0.29, 0.717) is 196 Å². The van der Waals surface area contributed by atoms with Crippen LogP contribution in [-0.2, 0) is 36.5 Å². The molecule has 4 unspecified atom stereocenters. The molecule has 0 fully saturated rings. The SMILES string of the molecule is Clc1c(Br)c(Br)c2c(c1Br)C1=NC3[N-]C(=NC4[N-]C(=NC5[N-]C(=NC2[N-]1)c1c(Br)c(Cl)c(Br)c(Br)c15)c1c(Br)c(Cl)c(Br)c(Br)c14)c1c(Br)c(Cl)c(Br)c(Br)c13.Clc1c(Cl)c(Br)c2c(c1Cl)-c1nc-2nc2[n-]c(nc3nc(nc4[n-]c(n1)c1c(Cl)c(Br)c(Cl)c(Br)c41)-c1c(Cl)c(Cl)c(Br)c(Cl)c1-3)c1c(Br)c(Cl)c(Br)c(Cl)c21.[Cu+2].[Zn]. The number of aliphatic imine (C=N–C) groups is 4. The van der Waals surface area contributed by atoms with Gasteiger partial charge in [-0.1, -0.05) is 186 Å². The average Bonchev–Trinajstić information content (AvgIpc) is 1.57. The van der Waals surface area contributed by atoms with E-state index in [0.717, 1.165) is 0 Å². The van der Waals surface area contributed by atoms with Gasteiger partial charge in [0.05, 0.1) is 125 Å². The fourth-order valence-electron chi connectivity index (χ4n) is 12.8. The number of benzene rings is 8. The average molecular weight is 3060 g/mol. The fraction of sp³-hybridized carbons (Fsp3) is 0.0625. The molecule has 4 atom stereocenters. The Morgan fingerprint density at radius 2 is 0.430 bits per heavy atom. The van der Waals surface area contributed by atoms with Crippen molar-refractivity contribution in [1.82, 2.24) is 39.9 Å². The molecule has 7 aliphatic rings. The van der Waals surface area contributed by atoms with Crippen LogP contribution in [0.15, 0.2) is 100 Å². The number of fused-ring (bicyclic) bond motifs is 40. The van der Waals surface area contributed by atoms with Gasteiger partial charge in [0.25, 0.3) is 0 Å². The van der Waals surface area contributed by atoms with Crippen LogP contribution in [0.5, 0.6) is 0 Å². The first kappa shape index (κ1) is 91.6. The first-order chi connectivity index (χ1) is 52.9. The number of hydrogen-bond acceptors (Lipinski definition) is 10. The Bertz CT molecular complexity index is 6000. The molecule has 3 aromatic heterocycles. The maximum Gasteiger partial charge on any atom is 2.00 e. The molecule has 581 valence electrons.